The zero-order valence-corrected chi connectivity index (χ0v) is 15.0. The highest BCUT2D eigenvalue weighted by Gasteiger charge is 2.71. The minimum atomic E-state index is -3.57. The summed E-state index contributed by atoms with van der Waals surface area (Å²) in [6.45, 7) is 0.494. The molecule has 4 rings (SSSR count). The van der Waals surface area contributed by atoms with Crippen molar-refractivity contribution in [2.75, 3.05) is 30.4 Å². The van der Waals surface area contributed by atoms with Crippen molar-refractivity contribution < 1.29 is 17.9 Å². The molecule has 3 aliphatic rings. The Morgan fingerprint density at radius 2 is 2.04 bits per heavy atom. The molecule has 130 valence electrons. The van der Waals surface area contributed by atoms with Crippen molar-refractivity contribution in [3.05, 3.63) is 24.3 Å². The Hall–Kier alpha value is -1.25. The molecule has 0 aromatic heterocycles. The number of nitrogens with zero attached hydrogens (tertiary/aromatic N) is 1. The minimum absolute atomic E-state index is 0.0579. The Balaban J connectivity index is 1.46. The molecule has 2 heterocycles. The summed E-state index contributed by atoms with van der Waals surface area (Å²) in [4.78, 5) is 12.7. The highest BCUT2D eigenvalue weighted by Crippen LogP contribution is 2.56. The summed E-state index contributed by atoms with van der Waals surface area (Å²) in [5.74, 6) is 2.31. The van der Waals surface area contributed by atoms with Crippen LogP contribution in [0, 0.1) is 5.92 Å². The van der Waals surface area contributed by atoms with Gasteiger partial charge in [0.1, 0.15) is 11.9 Å². The molecule has 0 radical (unpaired) electrons. The molecule has 0 unspecified atom stereocenters. The van der Waals surface area contributed by atoms with Gasteiger partial charge in [0.25, 0.3) is 0 Å². The first-order valence-electron chi connectivity index (χ1n) is 8.05. The third-order valence-electron chi connectivity index (χ3n) is 5.12. The van der Waals surface area contributed by atoms with Crippen LogP contribution < -0.4 is 10.1 Å². The van der Waals surface area contributed by atoms with Gasteiger partial charge in [0.15, 0.2) is 4.75 Å². The van der Waals surface area contributed by atoms with E-state index in [1.807, 2.05) is 23.9 Å². The van der Waals surface area contributed by atoms with Gasteiger partial charge >= 0.3 is 0 Å². The zero-order valence-electron chi connectivity index (χ0n) is 13.4. The molecule has 24 heavy (non-hydrogen) atoms. The van der Waals surface area contributed by atoms with Gasteiger partial charge < -0.3 is 10.1 Å². The van der Waals surface area contributed by atoms with E-state index in [4.69, 9.17) is 4.74 Å². The monoisotopic (exact) mass is 368 g/mol. The largest absolute Gasteiger partial charge is 0.489 e. The molecule has 8 heteroatoms. The molecule has 1 aromatic rings. The van der Waals surface area contributed by atoms with Crippen molar-refractivity contribution >= 4 is 33.4 Å². The lowest BCUT2D eigenvalue weighted by atomic mass is 10.2. The smallest absolute Gasteiger partial charge is 0.247 e. The lowest BCUT2D eigenvalue weighted by Crippen LogP contribution is -2.50. The highest BCUT2D eigenvalue weighted by molar-refractivity contribution is 8.00. The number of hydrogen-bond donors (Lipinski definition) is 1. The van der Waals surface area contributed by atoms with Crippen LogP contribution in [-0.4, -0.2) is 54.6 Å². The van der Waals surface area contributed by atoms with E-state index in [9.17, 15) is 13.2 Å². The van der Waals surface area contributed by atoms with Gasteiger partial charge in [-0.1, -0.05) is 0 Å². The normalized spacial score (nSPS) is 31.6. The van der Waals surface area contributed by atoms with Gasteiger partial charge in [-0.2, -0.15) is 11.8 Å². The molecule has 0 bridgehead atoms. The molecular weight excluding hydrogens is 348 g/mol. The summed E-state index contributed by atoms with van der Waals surface area (Å²) in [6, 6.07) is 7.13. The van der Waals surface area contributed by atoms with E-state index in [1.54, 1.807) is 19.2 Å². The molecular formula is C16H20N2O4S2. The highest BCUT2D eigenvalue weighted by atomic mass is 32.2. The van der Waals surface area contributed by atoms with E-state index < -0.39 is 20.7 Å². The van der Waals surface area contributed by atoms with Crippen molar-refractivity contribution in [3.63, 3.8) is 0 Å². The standard InChI is InChI=1S/C16H20N2O4S2/c1-18-7-6-11-8-16(11,24(18,20)21)15(19)17-12-2-4-13(5-3-12)22-14-9-23-10-14/h2-5,11,14H,6-10H2,1H3,(H,17,19)/t11-,16+/m1/s1. The zero-order chi connectivity index (χ0) is 16.9. The minimum Gasteiger partial charge on any atom is -0.489 e. The maximum atomic E-state index is 12.7. The molecule has 2 aliphatic heterocycles. The van der Waals surface area contributed by atoms with Gasteiger partial charge in [-0.25, -0.2) is 12.7 Å². The number of amides is 1. The van der Waals surface area contributed by atoms with Crippen LogP contribution in [0.5, 0.6) is 5.75 Å². The molecule has 1 saturated carbocycles. The summed E-state index contributed by atoms with van der Waals surface area (Å²) >= 11 is 1.85. The van der Waals surface area contributed by atoms with Crippen molar-refractivity contribution in [2.45, 2.75) is 23.7 Å². The second-order valence-corrected chi connectivity index (χ2v) is 10.0. The quantitative estimate of drug-likeness (QED) is 0.873. The summed E-state index contributed by atoms with van der Waals surface area (Å²) in [7, 11) is -2.03. The Kier molecular flexibility index (Phi) is 3.81. The van der Waals surface area contributed by atoms with Gasteiger partial charge in [-0.3, -0.25) is 4.79 Å². The summed E-state index contributed by atoms with van der Waals surface area (Å²) < 4.78 is 30.9. The molecule has 1 aliphatic carbocycles. The molecule has 0 spiro atoms. The van der Waals surface area contributed by atoms with Crippen molar-refractivity contribution in [2.24, 2.45) is 5.92 Å². The fourth-order valence-electron chi connectivity index (χ4n) is 3.42. The number of thioether (sulfide) groups is 1. The number of fused-ring (bicyclic) bond motifs is 1. The first-order valence-corrected chi connectivity index (χ1v) is 10.6. The average molecular weight is 368 g/mol. The van der Waals surface area contributed by atoms with Crippen LogP contribution in [0.25, 0.3) is 0 Å². The van der Waals surface area contributed by atoms with Crippen LogP contribution in [0.1, 0.15) is 12.8 Å². The predicted molar refractivity (Wildman–Crippen MR) is 93.8 cm³/mol. The molecule has 3 fully saturated rings. The van der Waals surface area contributed by atoms with Crippen LogP contribution in [0.2, 0.25) is 0 Å². The predicted octanol–water partition coefficient (Wildman–Crippen LogP) is 1.54. The molecule has 1 N–H and O–H groups in total. The third kappa shape index (κ3) is 2.43. The lowest BCUT2D eigenvalue weighted by molar-refractivity contribution is -0.117. The van der Waals surface area contributed by atoms with Gasteiger partial charge in [0.05, 0.1) is 0 Å². The van der Waals surface area contributed by atoms with Gasteiger partial charge in [-0.05, 0) is 43.0 Å². The van der Waals surface area contributed by atoms with Crippen molar-refractivity contribution in [3.8, 4) is 5.75 Å². The maximum Gasteiger partial charge on any atom is 0.247 e. The van der Waals surface area contributed by atoms with E-state index in [2.05, 4.69) is 5.32 Å². The van der Waals surface area contributed by atoms with E-state index in [1.165, 1.54) is 4.31 Å². The number of benzene rings is 1. The van der Waals surface area contributed by atoms with Gasteiger partial charge in [0.2, 0.25) is 15.9 Å². The molecule has 6 nitrogen and oxygen atoms in total. The topological polar surface area (TPSA) is 75.7 Å². The first kappa shape index (κ1) is 16.2. The summed E-state index contributed by atoms with van der Waals surface area (Å²) in [5, 5.41) is 2.77. The Labute approximate surface area is 146 Å². The van der Waals surface area contributed by atoms with Crippen LogP contribution >= 0.6 is 11.8 Å². The third-order valence-corrected chi connectivity index (χ3v) is 8.94. The number of hydrogen-bond acceptors (Lipinski definition) is 5. The van der Waals surface area contributed by atoms with E-state index in [-0.39, 0.29) is 12.0 Å². The lowest BCUT2D eigenvalue weighted by Gasteiger charge is -2.29. The SMILES string of the molecule is CN1CC[C@@H]2C[C@]2(C(=O)Nc2ccc(OC3CSC3)cc2)S1(=O)=O. The fraction of sp³-hybridized carbons (Fsp3) is 0.562. The van der Waals surface area contributed by atoms with Crippen LogP contribution in [0.3, 0.4) is 0 Å². The number of nitrogens with one attached hydrogen (secondary N) is 1. The molecule has 1 aromatic carbocycles. The van der Waals surface area contributed by atoms with Crippen molar-refractivity contribution in [1.82, 2.24) is 4.31 Å². The Morgan fingerprint density at radius 3 is 2.67 bits per heavy atom. The molecule has 2 atom stereocenters. The number of ether oxygens (including phenoxy) is 1. The molecule has 2 saturated heterocycles. The van der Waals surface area contributed by atoms with Crippen LogP contribution in [-0.2, 0) is 14.8 Å². The summed E-state index contributed by atoms with van der Waals surface area (Å²) in [6.07, 6.45) is 1.44. The molecule has 1 amide bonds. The Morgan fingerprint density at radius 1 is 1.33 bits per heavy atom. The number of sulfonamides is 1. The van der Waals surface area contributed by atoms with Gasteiger partial charge in [0, 0.05) is 30.8 Å². The van der Waals surface area contributed by atoms with Crippen molar-refractivity contribution in [1.29, 1.82) is 0 Å². The fourth-order valence-corrected chi connectivity index (χ4v) is 6.12. The average Bonchev–Trinajstić information content (AvgIpc) is 3.26. The second-order valence-electron chi connectivity index (χ2n) is 6.66. The number of rotatable bonds is 4. The number of carbonyl (C=O) groups is 1. The first-order chi connectivity index (χ1) is 11.4. The summed E-state index contributed by atoms with van der Waals surface area (Å²) in [5.41, 5.74) is 0.596. The van der Waals surface area contributed by atoms with Crippen LogP contribution in [0.15, 0.2) is 24.3 Å². The Bertz CT molecular complexity index is 761. The van der Waals surface area contributed by atoms with Gasteiger partial charge in [-0.15, -0.1) is 0 Å². The second kappa shape index (κ2) is 5.64. The van der Waals surface area contributed by atoms with Crippen LogP contribution in [0.4, 0.5) is 5.69 Å². The van der Waals surface area contributed by atoms with E-state index in [0.29, 0.717) is 18.7 Å². The van der Waals surface area contributed by atoms with E-state index >= 15 is 0 Å². The van der Waals surface area contributed by atoms with E-state index in [0.717, 1.165) is 23.7 Å². The number of carbonyl (C=O) groups excluding carboxylic acids is 1. The number of anilines is 1. The maximum absolute atomic E-state index is 12.7.